The van der Waals surface area contributed by atoms with E-state index in [1.807, 2.05) is 13.0 Å². The van der Waals surface area contributed by atoms with Crippen molar-refractivity contribution in [1.29, 1.82) is 0 Å². The minimum absolute atomic E-state index is 0.338. The van der Waals surface area contributed by atoms with Crippen molar-refractivity contribution in [3.05, 3.63) is 17.0 Å². The number of anilines is 1. The maximum Gasteiger partial charge on any atom is 0.224 e. The molecule has 0 saturated carbocycles. The van der Waals surface area contributed by atoms with Gasteiger partial charge in [-0.3, -0.25) is 0 Å². The second-order valence-corrected chi connectivity index (χ2v) is 4.99. The van der Waals surface area contributed by atoms with E-state index in [-0.39, 0.29) is 0 Å². The van der Waals surface area contributed by atoms with Gasteiger partial charge in [-0.2, -0.15) is 0 Å². The van der Waals surface area contributed by atoms with Crippen LogP contribution in [0, 0.1) is 12.3 Å². The molecule has 0 radical (unpaired) electrons. The van der Waals surface area contributed by atoms with Gasteiger partial charge in [0.15, 0.2) is 0 Å². The predicted octanol–water partition coefficient (Wildman–Crippen LogP) is 2.28. The average Bonchev–Trinajstić information content (AvgIpc) is 1.97. The lowest BCUT2D eigenvalue weighted by Gasteiger charge is -2.46. The molecule has 1 aliphatic rings. The van der Waals surface area contributed by atoms with Gasteiger partial charge in [-0.15, -0.1) is 0 Å². The SMILES string of the molecule is Cc1cc(N2CC(C)(C)C2)nc(Cl)n1. The van der Waals surface area contributed by atoms with Crippen LogP contribution in [-0.2, 0) is 0 Å². The first-order valence-corrected chi connectivity index (χ1v) is 5.10. The third kappa shape index (κ3) is 1.82. The highest BCUT2D eigenvalue weighted by molar-refractivity contribution is 6.28. The second-order valence-electron chi connectivity index (χ2n) is 4.66. The molecule has 0 unspecified atom stereocenters. The highest BCUT2D eigenvalue weighted by Gasteiger charge is 2.34. The van der Waals surface area contributed by atoms with Crippen molar-refractivity contribution in [2.24, 2.45) is 5.41 Å². The number of rotatable bonds is 1. The number of halogens is 1. The van der Waals surface area contributed by atoms with Crippen LogP contribution in [0.2, 0.25) is 5.28 Å². The maximum absolute atomic E-state index is 5.80. The zero-order valence-electron chi connectivity index (χ0n) is 8.71. The molecule has 0 N–H and O–H groups in total. The van der Waals surface area contributed by atoms with E-state index in [9.17, 15) is 0 Å². The zero-order valence-corrected chi connectivity index (χ0v) is 9.47. The van der Waals surface area contributed by atoms with Crippen LogP contribution in [0.5, 0.6) is 0 Å². The smallest absolute Gasteiger partial charge is 0.224 e. The van der Waals surface area contributed by atoms with Crippen molar-refractivity contribution in [3.8, 4) is 0 Å². The first-order chi connectivity index (χ1) is 6.46. The van der Waals surface area contributed by atoms with Crippen LogP contribution in [0.15, 0.2) is 6.07 Å². The molecular weight excluding hydrogens is 198 g/mol. The molecule has 0 aliphatic carbocycles. The van der Waals surface area contributed by atoms with E-state index in [1.165, 1.54) is 0 Å². The summed E-state index contributed by atoms with van der Waals surface area (Å²) < 4.78 is 0. The molecule has 1 aromatic heterocycles. The van der Waals surface area contributed by atoms with Crippen LogP contribution in [-0.4, -0.2) is 23.1 Å². The molecule has 76 valence electrons. The minimum Gasteiger partial charge on any atom is -0.355 e. The molecule has 1 aromatic rings. The standard InChI is InChI=1S/C10H14ClN3/c1-7-4-8(13-9(11)12-7)14-5-10(2,3)6-14/h4H,5-6H2,1-3H3. The third-order valence-electron chi connectivity index (χ3n) is 2.38. The fourth-order valence-corrected chi connectivity index (χ4v) is 2.05. The third-order valence-corrected chi connectivity index (χ3v) is 2.54. The van der Waals surface area contributed by atoms with Crippen LogP contribution >= 0.6 is 11.6 Å². The van der Waals surface area contributed by atoms with Gasteiger partial charge in [0.2, 0.25) is 5.28 Å². The van der Waals surface area contributed by atoms with Gasteiger partial charge in [-0.1, -0.05) is 13.8 Å². The fourth-order valence-electron chi connectivity index (χ4n) is 1.83. The summed E-state index contributed by atoms with van der Waals surface area (Å²) in [6, 6.07) is 1.97. The molecule has 0 bridgehead atoms. The van der Waals surface area contributed by atoms with Gasteiger partial charge in [0.1, 0.15) is 5.82 Å². The van der Waals surface area contributed by atoms with E-state index in [2.05, 4.69) is 28.7 Å². The summed E-state index contributed by atoms with van der Waals surface area (Å²) in [6.07, 6.45) is 0. The molecule has 4 heteroatoms. The lowest BCUT2D eigenvalue weighted by Crippen LogP contribution is -2.53. The Morgan fingerprint density at radius 3 is 2.50 bits per heavy atom. The van der Waals surface area contributed by atoms with Gasteiger partial charge in [-0.25, -0.2) is 9.97 Å². The van der Waals surface area contributed by atoms with E-state index in [0.29, 0.717) is 10.7 Å². The fraction of sp³-hybridized carbons (Fsp3) is 0.600. The molecular formula is C10H14ClN3. The van der Waals surface area contributed by atoms with Gasteiger partial charge < -0.3 is 4.90 Å². The van der Waals surface area contributed by atoms with E-state index in [4.69, 9.17) is 11.6 Å². The van der Waals surface area contributed by atoms with E-state index in [1.54, 1.807) is 0 Å². The topological polar surface area (TPSA) is 29.0 Å². The Morgan fingerprint density at radius 2 is 2.00 bits per heavy atom. The molecule has 0 amide bonds. The Labute approximate surface area is 89.1 Å². The van der Waals surface area contributed by atoms with Crippen molar-refractivity contribution < 1.29 is 0 Å². The van der Waals surface area contributed by atoms with Crippen molar-refractivity contribution in [1.82, 2.24) is 9.97 Å². The van der Waals surface area contributed by atoms with Crippen LogP contribution in [0.25, 0.3) is 0 Å². The lowest BCUT2D eigenvalue weighted by atomic mass is 9.84. The second kappa shape index (κ2) is 3.09. The average molecular weight is 212 g/mol. The summed E-state index contributed by atoms with van der Waals surface area (Å²) in [5.74, 6) is 0.946. The van der Waals surface area contributed by atoms with Crippen molar-refractivity contribution in [3.63, 3.8) is 0 Å². The largest absolute Gasteiger partial charge is 0.355 e. The van der Waals surface area contributed by atoms with Crippen molar-refractivity contribution >= 4 is 17.4 Å². The number of nitrogens with zero attached hydrogens (tertiary/aromatic N) is 3. The quantitative estimate of drug-likeness (QED) is 0.668. The predicted molar refractivity (Wildman–Crippen MR) is 57.8 cm³/mol. The highest BCUT2D eigenvalue weighted by Crippen LogP contribution is 2.32. The van der Waals surface area contributed by atoms with Gasteiger partial charge in [0, 0.05) is 24.8 Å². The number of hydrogen-bond acceptors (Lipinski definition) is 3. The molecule has 1 fully saturated rings. The summed E-state index contributed by atoms with van der Waals surface area (Å²) >= 11 is 5.80. The summed E-state index contributed by atoms with van der Waals surface area (Å²) in [5.41, 5.74) is 1.33. The monoisotopic (exact) mass is 211 g/mol. The summed E-state index contributed by atoms with van der Waals surface area (Å²) in [4.78, 5) is 10.5. The first kappa shape index (κ1) is 9.71. The molecule has 3 nitrogen and oxygen atoms in total. The normalized spacial score (nSPS) is 19.3. The van der Waals surface area contributed by atoms with E-state index < -0.39 is 0 Å². The van der Waals surface area contributed by atoms with Gasteiger partial charge in [-0.05, 0) is 23.9 Å². The Hall–Kier alpha value is -0.830. The van der Waals surface area contributed by atoms with Crippen molar-refractivity contribution in [2.75, 3.05) is 18.0 Å². The Kier molecular flexibility index (Phi) is 2.14. The molecule has 0 aromatic carbocycles. The number of hydrogen-bond donors (Lipinski definition) is 0. The first-order valence-electron chi connectivity index (χ1n) is 4.72. The van der Waals surface area contributed by atoms with Gasteiger partial charge in [0.25, 0.3) is 0 Å². The Balaban J connectivity index is 2.18. The van der Waals surface area contributed by atoms with Crippen LogP contribution in [0.3, 0.4) is 0 Å². The van der Waals surface area contributed by atoms with Crippen LogP contribution in [0.1, 0.15) is 19.5 Å². The molecule has 2 heterocycles. The highest BCUT2D eigenvalue weighted by atomic mass is 35.5. The summed E-state index contributed by atoms with van der Waals surface area (Å²) in [5, 5.41) is 0.338. The maximum atomic E-state index is 5.80. The minimum atomic E-state index is 0.338. The zero-order chi connectivity index (χ0) is 10.3. The van der Waals surface area contributed by atoms with E-state index in [0.717, 1.165) is 24.6 Å². The molecule has 2 rings (SSSR count). The Morgan fingerprint density at radius 1 is 1.36 bits per heavy atom. The molecule has 14 heavy (non-hydrogen) atoms. The number of aryl methyl sites for hydroxylation is 1. The lowest BCUT2D eigenvalue weighted by molar-refractivity contribution is 0.274. The molecule has 0 spiro atoms. The molecule has 0 atom stereocenters. The number of aromatic nitrogens is 2. The van der Waals surface area contributed by atoms with Crippen LogP contribution < -0.4 is 4.90 Å². The van der Waals surface area contributed by atoms with Gasteiger partial charge in [0.05, 0.1) is 0 Å². The summed E-state index contributed by atoms with van der Waals surface area (Å²) in [6.45, 7) is 8.51. The molecule has 1 aliphatic heterocycles. The van der Waals surface area contributed by atoms with Crippen LogP contribution in [0.4, 0.5) is 5.82 Å². The van der Waals surface area contributed by atoms with Gasteiger partial charge >= 0.3 is 0 Å². The van der Waals surface area contributed by atoms with E-state index >= 15 is 0 Å². The van der Waals surface area contributed by atoms with Crippen molar-refractivity contribution in [2.45, 2.75) is 20.8 Å². The Bertz CT molecular complexity index is 334. The summed E-state index contributed by atoms with van der Waals surface area (Å²) in [7, 11) is 0. The molecule has 1 saturated heterocycles.